The van der Waals surface area contributed by atoms with Crippen LogP contribution in [0.3, 0.4) is 0 Å². The molecule has 6 nitrogen and oxygen atoms in total. The van der Waals surface area contributed by atoms with Crippen molar-refractivity contribution < 1.29 is 13.9 Å². The van der Waals surface area contributed by atoms with Crippen LogP contribution in [-0.2, 0) is 16.0 Å². The van der Waals surface area contributed by atoms with E-state index in [-0.39, 0.29) is 12.4 Å². The monoisotopic (exact) mass is 385 g/mol. The van der Waals surface area contributed by atoms with E-state index in [1.165, 1.54) is 0 Å². The SMILES string of the molecule is CCOC(=O)Cc1oc(-c2ccc(N(C)C)nc2)nc1-c1ccc(Cl)cc1. The summed E-state index contributed by atoms with van der Waals surface area (Å²) in [6.45, 7) is 2.08. The average Bonchev–Trinajstić information content (AvgIpc) is 3.06. The van der Waals surface area contributed by atoms with E-state index in [4.69, 9.17) is 20.8 Å². The van der Waals surface area contributed by atoms with Crippen molar-refractivity contribution >= 4 is 23.4 Å². The van der Waals surface area contributed by atoms with Crippen molar-refractivity contribution in [1.29, 1.82) is 0 Å². The fourth-order valence-corrected chi connectivity index (χ4v) is 2.67. The number of halogens is 1. The third-order valence-corrected chi connectivity index (χ3v) is 4.13. The van der Waals surface area contributed by atoms with Gasteiger partial charge in [0, 0.05) is 30.9 Å². The summed E-state index contributed by atoms with van der Waals surface area (Å²) in [5, 5.41) is 0.623. The molecule has 0 aliphatic heterocycles. The second kappa shape index (κ2) is 8.22. The molecule has 0 aliphatic rings. The van der Waals surface area contributed by atoms with E-state index in [1.54, 1.807) is 25.3 Å². The lowest BCUT2D eigenvalue weighted by Crippen LogP contribution is -2.09. The van der Waals surface area contributed by atoms with Crippen LogP contribution < -0.4 is 4.90 Å². The molecule has 7 heteroatoms. The van der Waals surface area contributed by atoms with Crippen LogP contribution in [0.2, 0.25) is 5.02 Å². The van der Waals surface area contributed by atoms with Gasteiger partial charge >= 0.3 is 5.97 Å². The lowest BCUT2D eigenvalue weighted by Gasteiger charge is -2.10. The highest BCUT2D eigenvalue weighted by Crippen LogP contribution is 2.30. The fourth-order valence-electron chi connectivity index (χ4n) is 2.55. The first kappa shape index (κ1) is 18.9. The van der Waals surface area contributed by atoms with Crippen molar-refractivity contribution in [2.45, 2.75) is 13.3 Å². The minimum absolute atomic E-state index is 0.00199. The zero-order valence-corrected chi connectivity index (χ0v) is 16.2. The molecule has 0 radical (unpaired) electrons. The van der Waals surface area contributed by atoms with Crippen molar-refractivity contribution in [1.82, 2.24) is 9.97 Å². The van der Waals surface area contributed by atoms with Crippen molar-refractivity contribution in [2.75, 3.05) is 25.6 Å². The van der Waals surface area contributed by atoms with Gasteiger partial charge in [-0.1, -0.05) is 23.7 Å². The summed E-state index contributed by atoms with van der Waals surface area (Å²) in [4.78, 5) is 22.9. The molecule has 0 spiro atoms. The normalized spacial score (nSPS) is 10.7. The van der Waals surface area contributed by atoms with Crippen LogP contribution in [0.4, 0.5) is 5.82 Å². The highest BCUT2D eigenvalue weighted by molar-refractivity contribution is 6.30. The molecule has 0 saturated carbocycles. The zero-order chi connectivity index (χ0) is 19.4. The van der Waals surface area contributed by atoms with Crippen molar-refractivity contribution in [2.24, 2.45) is 0 Å². The molecule has 140 valence electrons. The minimum Gasteiger partial charge on any atom is -0.466 e. The largest absolute Gasteiger partial charge is 0.466 e. The number of rotatable bonds is 6. The molecule has 0 atom stereocenters. The maximum Gasteiger partial charge on any atom is 0.313 e. The average molecular weight is 386 g/mol. The van der Waals surface area contributed by atoms with Crippen LogP contribution in [0, 0.1) is 0 Å². The summed E-state index contributed by atoms with van der Waals surface area (Å²) in [5.74, 6) is 1.31. The van der Waals surface area contributed by atoms with Crippen molar-refractivity contribution in [3.05, 3.63) is 53.4 Å². The third kappa shape index (κ3) is 4.46. The van der Waals surface area contributed by atoms with Gasteiger partial charge in [0.25, 0.3) is 0 Å². The number of ether oxygens (including phenoxy) is 1. The Hall–Kier alpha value is -2.86. The molecule has 0 amide bonds. The maximum atomic E-state index is 12.0. The molecular formula is C20H20ClN3O3. The quantitative estimate of drug-likeness (QED) is 0.591. The van der Waals surface area contributed by atoms with Gasteiger partial charge in [0.05, 0.1) is 12.2 Å². The summed E-state index contributed by atoms with van der Waals surface area (Å²) < 4.78 is 11.0. The van der Waals surface area contributed by atoms with Crippen molar-refractivity contribution in [3.63, 3.8) is 0 Å². The Morgan fingerprint density at radius 3 is 2.44 bits per heavy atom. The molecule has 0 N–H and O–H groups in total. The summed E-state index contributed by atoms with van der Waals surface area (Å²) in [6, 6.07) is 11.0. The van der Waals surface area contributed by atoms with Gasteiger partial charge in [-0.05, 0) is 31.2 Å². The highest BCUT2D eigenvalue weighted by Gasteiger charge is 2.20. The summed E-state index contributed by atoms with van der Waals surface area (Å²) in [7, 11) is 3.84. The van der Waals surface area contributed by atoms with Crippen LogP contribution in [0.5, 0.6) is 0 Å². The second-order valence-electron chi connectivity index (χ2n) is 6.08. The van der Waals surface area contributed by atoms with Gasteiger partial charge in [-0.2, -0.15) is 0 Å². The smallest absolute Gasteiger partial charge is 0.313 e. The van der Waals surface area contributed by atoms with Crippen LogP contribution >= 0.6 is 11.6 Å². The van der Waals surface area contributed by atoms with Crippen LogP contribution in [0.1, 0.15) is 12.7 Å². The Morgan fingerprint density at radius 1 is 1.15 bits per heavy atom. The minimum atomic E-state index is -0.364. The Morgan fingerprint density at radius 2 is 1.85 bits per heavy atom. The molecule has 0 fully saturated rings. The zero-order valence-electron chi connectivity index (χ0n) is 15.4. The molecule has 27 heavy (non-hydrogen) atoms. The summed E-state index contributed by atoms with van der Waals surface area (Å²) in [5.41, 5.74) is 2.13. The van der Waals surface area contributed by atoms with Gasteiger partial charge in [-0.3, -0.25) is 4.79 Å². The van der Waals surface area contributed by atoms with E-state index in [0.717, 1.165) is 16.9 Å². The number of carbonyl (C=O) groups is 1. The van der Waals surface area contributed by atoms with Crippen LogP contribution in [0.15, 0.2) is 47.0 Å². The fraction of sp³-hybridized carbons (Fsp3) is 0.250. The highest BCUT2D eigenvalue weighted by atomic mass is 35.5. The molecule has 3 rings (SSSR count). The first-order valence-corrected chi connectivity index (χ1v) is 8.90. The Labute approximate surface area is 162 Å². The number of aromatic nitrogens is 2. The first-order chi connectivity index (χ1) is 13.0. The number of hydrogen-bond acceptors (Lipinski definition) is 6. The van der Waals surface area contributed by atoms with E-state index in [9.17, 15) is 4.79 Å². The topological polar surface area (TPSA) is 68.5 Å². The Bertz CT molecular complexity index is 919. The molecule has 1 aromatic carbocycles. The molecule has 2 heterocycles. The lowest BCUT2D eigenvalue weighted by molar-refractivity contribution is -0.142. The number of pyridine rings is 1. The van der Waals surface area contributed by atoms with E-state index in [1.807, 2.05) is 43.3 Å². The number of hydrogen-bond donors (Lipinski definition) is 0. The second-order valence-corrected chi connectivity index (χ2v) is 6.52. The number of anilines is 1. The molecule has 0 bridgehead atoms. The molecule has 0 aliphatic carbocycles. The molecule has 3 aromatic rings. The standard InChI is InChI=1S/C20H20ClN3O3/c1-4-26-18(25)11-16-19(13-5-8-15(21)9-6-13)23-20(27-16)14-7-10-17(22-12-14)24(2)3/h5-10,12H,4,11H2,1-3H3. The number of esters is 1. The lowest BCUT2D eigenvalue weighted by atomic mass is 10.1. The van der Waals surface area contributed by atoms with E-state index in [2.05, 4.69) is 9.97 Å². The van der Waals surface area contributed by atoms with Crippen LogP contribution in [-0.4, -0.2) is 36.6 Å². The van der Waals surface area contributed by atoms with Gasteiger partial charge in [0.1, 0.15) is 23.7 Å². The molecule has 0 saturated heterocycles. The maximum absolute atomic E-state index is 12.0. The number of carbonyl (C=O) groups excluding carboxylic acids is 1. The van der Waals surface area contributed by atoms with E-state index in [0.29, 0.717) is 29.0 Å². The van der Waals surface area contributed by atoms with Gasteiger partial charge in [0.2, 0.25) is 5.89 Å². The number of oxazole rings is 1. The Balaban J connectivity index is 2.00. The molecule has 0 unspecified atom stereocenters. The van der Waals surface area contributed by atoms with E-state index >= 15 is 0 Å². The van der Waals surface area contributed by atoms with Gasteiger partial charge in [-0.15, -0.1) is 0 Å². The third-order valence-electron chi connectivity index (χ3n) is 3.88. The van der Waals surface area contributed by atoms with Crippen molar-refractivity contribution in [3.8, 4) is 22.7 Å². The van der Waals surface area contributed by atoms with Crippen LogP contribution in [0.25, 0.3) is 22.7 Å². The predicted octanol–water partition coefficient (Wildman–Crippen LogP) is 4.23. The summed E-state index contributed by atoms with van der Waals surface area (Å²) >= 11 is 5.98. The number of benzene rings is 1. The molecular weight excluding hydrogens is 366 g/mol. The predicted molar refractivity (Wildman–Crippen MR) is 105 cm³/mol. The summed E-state index contributed by atoms with van der Waals surface area (Å²) in [6.07, 6.45) is 1.70. The molecule has 2 aromatic heterocycles. The first-order valence-electron chi connectivity index (χ1n) is 8.53. The number of nitrogens with zero attached hydrogens (tertiary/aromatic N) is 3. The van der Waals surface area contributed by atoms with Gasteiger partial charge in [0.15, 0.2) is 0 Å². The van der Waals surface area contributed by atoms with Gasteiger partial charge < -0.3 is 14.1 Å². The Kier molecular flexibility index (Phi) is 5.76. The van der Waals surface area contributed by atoms with E-state index < -0.39 is 0 Å². The van der Waals surface area contributed by atoms with Gasteiger partial charge in [-0.25, -0.2) is 9.97 Å².